The number of carboxylic acids is 1. The number of H-pyrrole nitrogens is 1. The van der Waals surface area contributed by atoms with Gasteiger partial charge in [-0.15, -0.1) is 0 Å². The van der Waals surface area contributed by atoms with Crippen LogP contribution in [0.4, 0.5) is 5.69 Å². The van der Waals surface area contributed by atoms with Crippen molar-refractivity contribution in [2.24, 2.45) is 0 Å². The van der Waals surface area contributed by atoms with Crippen molar-refractivity contribution < 1.29 is 24.2 Å². The third kappa shape index (κ3) is 4.52. The van der Waals surface area contributed by atoms with Crippen molar-refractivity contribution in [2.75, 3.05) is 32.2 Å². The van der Waals surface area contributed by atoms with E-state index in [0.29, 0.717) is 42.5 Å². The lowest BCUT2D eigenvalue weighted by atomic mass is 10.00. The molecule has 1 fully saturated rings. The number of halogens is 1. The molecule has 1 aliphatic heterocycles. The zero-order chi connectivity index (χ0) is 21.8. The monoisotopic (exact) mass is 436 g/mol. The molecule has 0 radical (unpaired) electrons. The predicted molar refractivity (Wildman–Crippen MR) is 112 cm³/mol. The number of aromatic amines is 1. The van der Waals surface area contributed by atoms with E-state index in [1.165, 1.54) is 7.11 Å². The molecule has 3 rings (SSSR count). The number of hydrogen-bond donors (Lipinski definition) is 3. The molecule has 3 N–H and O–H groups in total. The number of aromatic carboxylic acids is 1. The Kier molecular flexibility index (Phi) is 6.84. The highest BCUT2D eigenvalue weighted by atomic mass is 35.5. The molecule has 1 aromatic heterocycles. The number of piperidine rings is 1. The van der Waals surface area contributed by atoms with Gasteiger partial charge in [0.05, 0.1) is 24.9 Å². The summed E-state index contributed by atoms with van der Waals surface area (Å²) in [6.07, 6.45) is 0.987. The number of nitrogens with zero attached hydrogens (tertiary/aromatic N) is 2. The van der Waals surface area contributed by atoms with Gasteiger partial charge in [0.2, 0.25) is 0 Å². The second-order valence-corrected chi connectivity index (χ2v) is 7.34. The minimum atomic E-state index is -1.05. The molecule has 10 heteroatoms. The Morgan fingerprint density at radius 2 is 2.17 bits per heavy atom. The van der Waals surface area contributed by atoms with E-state index in [1.807, 2.05) is 17.9 Å². The van der Waals surface area contributed by atoms with E-state index in [2.05, 4.69) is 15.3 Å². The average molecular weight is 437 g/mol. The molecular weight excluding hydrogens is 412 g/mol. The van der Waals surface area contributed by atoms with Crippen LogP contribution in [-0.4, -0.2) is 66.4 Å². The highest BCUT2D eigenvalue weighted by Crippen LogP contribution is 2.28. The fourth-order valence-electron chi connectivity index (χ4n) is 3.58. The molecule has 0 bridgehead atoms. The number of carbonyl (C=O) groups excluding carboxylic acids is 1. The van der Waals surface area contributed by atoms with Crippen LogP contribution in [0.25, 0.3) is 0 Å². The van der Waals surface area contributed by atoms with Gasteiger partial charge >= 0.3 is 5.97 Å². The molecule has 2 aromatic rings. The van der Waals surface area contributed by atoms with Crippen LogP contribution in [0.5, 0.6) is 5.75 Å². The Balaban J connectivity index is 1.71. The van der Waals surface area contributed by atoms with Gasteiger partial charge in [-0.05, 0) is 31.0 Å². The lowest BCUT2D eigenvalue weighted by Gasteiger charge is -2.39. The Labute approximate surface area is 179 Å². The summed E-state index contributed by atoms with van der Waals surface area (Å²) < 4.78 is 10.7. The van der Waals surface area contributed by atoms with Crippen molar-refractivity contribution >= 4 is 29.2 Å². The van der Waals surface area contributed by atoms with Crippen molar-refractivity contribution in [2.45, 2.75) is 31.9 Å². The van der Waals surface area contributed by atoms with Gasteiger partial charge in [-0.25, -0.2) is 9.78 Å². The summed E-state index contributed by atoms with van der Waals surface area (Å²) in [5.74, 6) is -0.909. The second-order valence-electron chi connectivity index (χ2n) is 6.99. The van der Waals surface area contributed by atoms with Crippen molar-refractivity contribution in [3.05, 3.63) is 40.4 Å². The van der Waals surface area contributed by atoms with Crippen molar-refractivity contribution in [1.82, 2.24) is 15.3 Å². The molecule has 30 heavy (non-hydrogen) atoms. The van der Waals surface area contributed by atoms with Gasteiger partial charge in [-0.1, -0.05) is 18.5 Å². The fraction of sp³-hybridized carbons (Fsp3) is 0.450. The van der Waals surface area contributed by atoms with E-state index >= 15 is 0 Å². The van der Waals surface area contributed by atoms with Crippen molar-refractivity contribution in [3.63, 3.8) is 0 Å². The lowest BCUT2D eigenvalue weighted by molar-refractivity contribution is 0.0538. The van der Waals surface area contributed by atoms with Crippen LogP contribution in [-0.2, 0) is 11.2 Å². The first-order valence-corrected chi connectivity index (χ1v) is 10.00. The fourth-order valence-corrected chi connectivity index (χ4v) is 3.85. The van der Waals surface area contributed by atoms with E-state index in [0.717, 1.165) is 5.69 Å². The van der Waals surface area contributed by atoms with Gasteiger partial charge in [0.25, 0.3) is 5.91 Å². The van der Waals surface area contributed by atoms with E-state index in [4.69, 9.17) is 21.1 Å². The first-order valence-electron chi connectivity index (χ1n) is 9.62. The zero-order valence-electron chi connectivity index (χ0n) is 17.1. The normalized spacial score (nSPS) is 18.9. The molecule has 162 valence electrons. The van der Waals surface area contributed by atoms with Crippen LogP contribution in [0, 0.1) is 0 Å². The Morgan fingerprint density at radius 3 is 2.77 bits per heavy atom. The molecule has 1 aromatic carbocycles. The summed E-state index contributed by atoms with van der Waals surface area (Å²) in [4.78, 5) is 33.1. The highest BCUT2D eigenvalue weighted by Gasteiger charge is 2.32. The lowest BCUT2D eigenvalue weighted by Crippen LogP contribution is -2.55. The number of rotatable bonds is 7. The SMILES string of the molecule is CCc1[nH]c(C(=O)N[C@@H]2CCN(c3ccc(OC)c(C(=O)O)c3)C[C@@H]2OC)nc1Cl. The number of methoxy groups -OCH3 is 2. The van der Waals surface area contributed by atoms with E-state index < -0.39 is 5.97 Å². The summed E-state index contributed by atoms with van der Waals surface area (Å²) >= 11 is 6.03. The number of aromatic nitrogens is 2. The Bertz CT molecular complexity index is 932. The molecule has 1 aliphatic rings. The highest BCUT2D eigenvalue weighted by molar-refractivity contribution is 6.30. The molecule has 1 saturated heterocycles. The number of nitrogens with one attached hydrogen (secondary N) is 2. The molecule has 1 amide bonds. The number of hydrogen-bond acceptors (Lipinski definition) is 6. The number of benzene rings is 1. The number of amides is 1. The van der Waals surface area contributed by atoms with Gasteiger partial charge in [-0.2, -0.15) is 0 Å². The molecular formula is C20H25ClN4O5. The predicted octanol–water partition coefficient (Wildman–Crippen LogP) is 2.36. The van der Waals surface area contributed by atoms with Crippen LogP contribution in [0.3, 0.4) is 0 Å². The summed E-state index contributed by atoms with van der Waals surface area (Å²) in [6, 6.07) is 4.82. The number of ether oxygens (including phenoxy) is 2. The molecule has 0 unspecified atom stereocenters. The molecule has 0 spiro atoms. The topological polar surface area (TPSA) is 117 Å². The number of aryl methyl sites for hydroxylation is 1. The summed E-state index contributed by atoms with van der Waals surface area (Å²) in [5, 5.41) is 12.7. The molecule has 9 nitrogen and oxygen atoms in total. The van der Waals surface area contributed by atoms with Crippen molar-refractivity contribution in [3.8, 4) is 5.75 Å². The van der Waals surface area contributed by atoms with E-state index in [1.54, 1.807) is 19.2 Å². The number of anilines is 1. The van der Waals surface area contributed by atoms with Gasteiger partial charge < -0.3 is 29.8 Å². The second kappa shape index (κ2) is 9.36. The number of carbonyl (C=O) groups is 2. The van der Waals surface area contributed by atoms with E-state index in [9.17, 15) is 14.7 Å². The van der Waals surface area contributed by atoms with Gasteiger partial charge in [0.1, 0.15) is 11.3 Å². The molecule has 2 heterocycles. The van der Waals surface area contributed by atoms with E-state index in [-0.39, 0.29) is 29.4 Å². The minimum absolute atomic E-state index is 0.0980. The zero-order valence-corrected chi connectivity index (χ0v) is 17.8. The smallest absolute Gasteiger partial charge is 0.339 e. The Hall–Kier alpha value is -2.78. The first kappa shape index (κ1) is 21.9. The molecule has 0 saturated carbocycles. The Morgan fingerprint density at radius 1 is 1.40 bits per heavy atom. The van der Waals surface area contributed by atoms with Gasteiger partial charge in [0.15, 0.2) is 11.0 Å². The van der Waals surface area contributed by atoms with Crippen LogP contribution < -0.4 is 15.0 Å². The maximum Gasteiger partial charge on any atom is 0.339 e. The van der Waals surface area contributed by atoms with Gasteiger partial charge in [0, 0.05) is 25.9 Å². The maximum atomic E-state index is 12.6. The number of imidazole rings is 1. The third-order valence-electron chi connectivity index (χ3n) is 5.25. The third-order valence-corrected chi connectivity index (χ3v) is 5.57. The largest absolute Gasteiger partial charge is 0.496 e. The number of carboxylic acid groups (broad SMARTS) is 1. The molecule has 0 aliphatic carbocycles. The standard InChI is InChI=1S/C20H25ClN4O5/c1-4-13-17(21)24-18(22-13)19(26)23-14-7-8-25(10-16(14)30-3)11-5-6-15(29-2)12(9-11)20(27)28/h5-6,9,14,16H,4,7-8,10H2,1-3H3,(H,22,24)(H,23,26)(H,27,28)/t14-,16+/m1/s1. The summed E-state index contributed by atoms with van der Waals surface area (Å²) in [7, 11) is 3.02. The average Bonchev–Trinajstić information content (AvgIpc) is 3.14. The minimum Gasteiger partial charge on any atom is -0.496 e. The van der Waals surface area contributed by atoms with Crippen LogP contribution in [0.1, 0.15) is 40.0 Å². The maximum absolute atomic E-state index is 12.6. The molecule has 2 atom stereocenters. The summed E-state index contributed by atoms with van der Waals surface area (Å²) in [6.45, 7) is 3.04. The van der Waals surface area contributed by atoms with Gasteiger partial charge in [-0.3, -0.25) is 4.79 Å². The van der Waals surface area contributed by atoms with Crippen molar-refractivity contribution in [1.29, 1.82) is 0 Å². The summed E-state index contributed by atoms with van der Waals surface area (Å²) in [5.41, 5.74) is 1.57. The van der Waals surface area contributed by atoms with Crippen LogP contribution >= 0.6 is 11.6 Å². The van der Waals surface area contributed by atoms with Crippen LogP contribution in [0.15, 0.2) is 18.2 Å². The first-order chi connectivity index (χ1) is 14.4. The van der Waals surface area contributed by atoms with Crippen LogP contribution in [0.2, 0.25) is 5.15 Å². The quantitative estimate of drug-likeness (QED) is 0.609.